The molecule has 2 aromatic carbocycles. The van der Waals surface area contributed by atoms with Crippen LogP contribution in [-0.2, 0) is 6.42 Å². The summed E-state index contributed by atoms with van der Waals surface area (Å²) in [5.74, 6) is 2.80. The largest absolute Gasteiger partial charge is 0.485 e. The zero-order chi connectivity index (χ0) is 25.0. The molecule has 2 aliphatic rings. The van der Waals surface area contributed by atoms with Crippen LogP contribution in [0.4, 0.5) is 0 Å². The van der Waals surface area contributed by atoms with Crippen LogP contribution in [0.25, 0.3) is 0 Å². The summed E-state index contributed by atoms with van der Waals surface area (Å²) in [7, 11) is 0. The van der Waals surface area contributed by atoms with Gasteiger partial charge in [-0.1, -0.05) is 82.2 Å². The third kappa shape index (κ3) is 7.23. The molecule has 0 saturated heterocycles. The number of hydrogen-bond acceptors (Lipinski definition) is 2. The third-order valence-corrected chi connectivity index (χ3v) is 8.06. The van der Waals surface area contributed by atoms with Gasteiger partial charge in [-0.05, 0) is 92.4 Å². The molecule has 2 aromatic rings. The Morgan fingerprint density at radius 1 is 1.00 bits per heavy atom. The summed E-state index contributed by atoms with van der Waals surface area (Å²) >= 11 is 0. The molecule has 35 heavy (non-hydrogen) atoms. The first kappa shape index (κ1) is 27.5. The number of ether oxygens (including phenoxy) is 1. The van der Waals surface area contributed by atoms with Crippen LogP contribution in [0.1, 0.15) is 114 Å². The van der Waals surface area contributed by atoms with Crippen LogP contribution >= 0.6 is 0 Å². The van der Waals surface area contributed by atoms with Crippen molar-refractivity contribution in [2.75, 3.05) is 0 Å². The normalized spacial score (nSPS) is 24.8. The number of fused-ring (bicyclic) bond motifs is 1. The Balaban J connectivity index is 0.00000167. The molecule has 1 fully saturated rings. The molecule has 3 unspecified atom stereocenters. The fraction of sp³-hybridized carbons (Fsp3) is 0.576. The second kappa shape index (κ2) is 14.5. The van der Waals surface area contributed by atoms with Gasteiger partial charge in [0.15, 0.2) is 0 Å². The van der Waals surface area contributed by atoms with Gasteiger partial charge in [-0.15, -0.1) is 6.58 Å². The summed E-state index contributed by atoms with van der Waals surface area (Å²) in [6, 6.07) is 18.2. The Morgan fingerprint density at radius 3 is 2.54 bits per heavy atom. The van der Waals surface area contributed by atoms with Crippen LogP contribution in [-0.4, -0.2) is 6.04 Å². The minimum absolute atomic E-state index is 0.113. The van der Waals surface area contributed by atoms with Gasteiger partial charge in [-0.2, -0.15) is 0 Å². The Labute approximate surface area is 215 Å². The first-order chi connectivity index (χ1) is 17.2. The summed E-state index contributed by atoms with van der Waals surface area (Å²) in [5.41, 5.74) is 10.7. The predicted molar refractivity (Wildman–Crippen MR) is 151 cm³/mol. The van der Waals surface area contributed by atoms with Gasteiger partial charge >= 0.3 is 0 Å². The topological polar surface area (TPSA) is 35.2 Å². The van der Waals surface area contributed by atoms with E-state index in [0.29, 0.717) is 23.8 Å². The highest BCUT2D eigenvalue weighted by molar-refractivity contribution is 5.39. The highest BCUT2D eigenvalue weighted by Crippen LogP contribution is 2.46. The monoisotopic (exact) mass is 475 g/mol. The van der Waals surface area contributed by atoms with E-state index in [1.807, 2.05) is 13.8 Å². The van der Waals surface area contributed by atoms with Gasteiger partial charge in [-0.25, -0.2) is 0 Å². The van der Waals surface area contributed by atoms with Crippen LogP contribution in [0.5, 0.6) is 5.75 Å². The quantitative estimate of drug-likeness (QED) is 0.290. The molecular weight excluding hydrogens is 426 g/mol. The molecule has 2 heteroatoms. The lowest BCUT2D eigenvalue weighted by Gasteiger charge is -2.38. The summed E-state index contributed by atoms with van der Waals surface area (Å²) in [4.78, 5) is 0. The van der Waals surface area contributed by atoms with Gasteiger partial charge in [0.2, 0.25) is 0 Å². The molecule has 2 nitrogen and oxygen atoms in total. The fourth-order valence-corrected chi connectivity index (χ4v) is 6.42. The average Bonchev–Trinajstić information content (AvgIpc) is 3.08. The minimum atomic E-state index is 0.113. The zero-order valence-electron chi connectivity index (χ0n) is 22.6. The van der Waals surface area contributed by atoms with Crippen LogP contribution in [0.3, 0.4) is 0 Å². The summed E-state index contributed by atoms with van der Waals surface area (Å²) < 4.78 is 7.13. The van der Waals surface area contributed by atoms with E-state index in [2.05, 4.69) is 68.1 Å². The van der Waals surface area contributed by atoms with Crippen LogP contribution in [0.15, 0.2) is 61.2 Å². The van der Waals surface area contributed by atoms with E-state index < -0.39 is 0 Å². The number of rotatable bonds is 9. The molecule has 192 valence electrons. The molecule has 0 bridgehead atoms. The smallest absolute Gasteiger partial charge is 0.127 e. The summed E-state index contributed by atoms with van der Waals surface area (Å²) in [6.45, 7) is 10.3. The standard InChI is InChI=1S/C31H43NO.C2H6/c1-3-5-13-23(12-4-2)27-18-8-9-21-30(27)33-31-28-19-7-6-14-24(28)15-11-20-29(31)25-16-10-17-26(32)22-25;1-2/h3,6-9,14,18-19,21,23,25-26,29,31H,1,4-5,10-13,15-17,20,22,32H2,2H3;1-2H3/t23?,25?,26?,29-,31+;/m1./s1. The van der Waals surface area contributed by atoms with E-state index in [4.69, 9.17) is 10.5 Å². The van der Waals surface area contributed by atoms with E-state index in [1.165, 1.54) is 61.6 Å². The molecule has 0 spiro atoms. The highest BCUT2D eigenvalue weighted by Gasteiger charge is 2.37. The maximum atomic E-state index is 7.13. The Bertz CT molecular complexity index is 890. The lowest BCUT2D eigenvalue weighted by molar-refractivity contribution is 0.0689. The molecule has 1 saturated carbocycles. The lowest BCUT2D eigenvalue weighted by Crippen LogP contribution is -2.34. The second-order valence-electron chi connectivity index (χ2n) is 10.4. The predicted octanol–water partition coefficient (Wildman–Crippen LogP) is 9.15. The molecule has 0 heterocycles. The van der Waals surface area contributed by atoms with Crippen molar-refractivity contribution in [1.82, 2.24) is 0 Å². The summed E-state index contributed by atoms with van der Waals surface area (Å²) in [6.07, 6.45) is 15.2. The van der Waals surface area contributed by atoms with E-state index in [-0.39, 0.29) is 6.10 Å². The molecular formula is C33H49NO. The van der Waals surface area contributed by atoms with Crippen molar-refractivity contribution in [3.8, 4) is 5.75 Å². The molecule has 2 N–H and O–H groups in total. The Hall–Kier alpha value is -2.06. The van der Waals surface area contributed by atoms with Crippen LogP contribution in [0, 0.1) is 11.8 Å². The van der Waals surface area contributed by atoms with Gasteiger partial charge in [0.1, 0.15) is 11.9 Å². The average molecular weight is 476 g/mol. The van der Waals surface area contributed by atoms with Crippen LogP contribution < -0.4 is 10.5 Å². The number of nitrogens with two attached hydrogens (primary N) is 1. The Morgan fingerprint density at radius 2 is 1.77 bits per heavy atom. The maximum absolute atomic E-state index is 7.13. The molecule has 2 aliphatic carbocycles. The Kier molecular flexibility index (Phi) is 11.4. The zero-order valence-corrected chi connectivity index (χ0v) is 22.6. The van der Waals surface area contributed by atoms with Crippen molar-refractivity contribution < 1.29 is 4.74 Å². The molecule has 5 atom stereocenters. The van der Waals surface area contributed by atoms with Crippen molar-refractivity contribution in [3.05, 3.63) is 77.9 Å². The van der Waals surface area contributed by atoms with Gasteiger partial charge in [-0.3, -0.25) is 0 Å². The van der Waals surface area contributed by atoms with Crippen molar-refractivity contribution in [2.24, 2.45) is 17.6 Å². The lowest BCUT2D eigenvalue weighted by atomic mass is 9.73. The first-order valence-corrected chi connectivity index (χ1v) is 14.4. The van der Waals surface area contributed by atoms with E-state index >= 15 is 0 Å². The first-order valence-electron chi connectivity index (χ1n) is 14.4. The van der Waals surface area contributed by atoms with Gasteiger partial charge in [0, 0.05) is 12.0 Å². The number of hydrogen-bond donors (Lipinski definition) is 1. The molecule has 0 aromatic heterocycles. The number of benzene rings is 2. The van der Waals surface area contributed by atoms with Crippen molar-refractivity contribution >= 4 is 0 Å². The van der Waals surface area contributed by atoms with E-state index in [1.54, 1.807) is 0 Å². The second-order valence-corrected chi connectivity index (χ2v) is 10.4. The molecule has 0 amide bonds. The van der Waals surface area contributed by atoms with Crippen molar-refractivity contribution in [3.63, 3.8) is 0 Å². The van der Waals surface area contributed by atoms with Crippen molar-refractivity contribution in [1.29, 1.82) is 0 Å². The van der Waals surface area contributed by atoms with Gasteiger partial charge < -0.3 is 10.5 Å². The number of para-hydroxylation sites is 1. The van der Waals surface area contributed by atoms with Gasteiger partial charge in [0.25, 0.3) is 0 Å². The number of aryl methyl sites for hydroxylation is 1. The minimum Gasteiger partial charge on any atom is -0.485 e. The summed E-state index contributed by atoms with van der Waals surface area (Å²) in [5, 5.41) is 0. The highest BCUT2D eigenvalue weighted by atomic mass is 16.5. The maximum Gasteiger partial charge on any atom is 0.127 e. The van der Waals surface area contributed by atoms with E-state index in [9.17, 15) is 0 Å². The van der Waals surface area contributed by atoms with E-state index in [0.717, 1.165) is 31.4 Å². The SMILES string of the molecule is C=CCCC(CCC)c1ccccc1O[C@H]1c2ccccc2CCC[C@@H]1C1CCCC(N)C1.CC. The molecule has 0 radical (unpaired) electrons. The fourth-order valence-electron chi connectivity index (χ4n) is 6.42. The van der Waals surface area contributed by atoms with Crippen LogP contribution in [0.2, 0.25) is 0 Å². The van der Waals surface area contributed by atoms with Gasteiger partial charge in [0.05, 0.1) is 0 Å². The third-order valence-electron chi connectivity index (χ3n) is 8.06. The molecule has 0 aliphatic heterocycles. The number of allylic oxidation sites excluding steroid dienone is 1. The molecule has 4 rings (SSSR count). The van der Waals surface area contributed by atoms with Crippen molar-refractivity contribution in [2.45, 2.75) is 109 Å².